The third-order valence-corrected chi connectivity index (χ3v) is 9.19. The third kappa shape index (κ3) is 11.5. The summed E-state index contributed by atoms with van der Waals surface area (Å²) in [5.74, 6) is -2.36. The van der Waals surface area contributed by atoms with E-state index >= 15 is 0 Å². The molecule has 1 aliphatic rings. The second-order valence-electron chi connectivity index (χ2n) is 11.3. The topological polar surface area (TPSA) is 203 Å². The average molecular weight is 809 g/mol. The molecule has 0 saturated heterocycles. The third-order valence-electron chi connectivity index (χ3n) is 7.19. The fraction of sp³-hybridized carbons (Fsp3) is 0.375. The van der Waals surface area contributed by atoms with Crippen molar-refractivity contribution in [3.05, 3.63) is 73.2 Å². The number of ether oxygens (including phenoxy) is 2. The van der Waals surface area contributed by atoms with Crippen LogP contribution in [0.2, 0.25) is 0 Å². The number of imide groups is 1. The molecule has 0 bridgehead atoms. The van der Waals surface area contributed by atoms with Crippen molar-refractivity contribution in [2.45, 2.75) is 65.1 Å². The van der Waals surface area contributed by atoms with Crippen molar-refractivity contribution < 1.29 is 43.2 Å². The second kappa shape index (κ2) is 18.2. The van der Waals surface area contributed by atoms with Gasteiger partial charge in [0.1, 0.15) is 33.4 Å². The van der Waals surface area contributed by atoms with E-state index in [1.807, 2.05) is 0 Å². The van der Waals surface area contributed by atoms with Crippen LogP contribution >= 0.6 is 31.9 Å². The molecule has 0 aromatic heterocycles. The van der Waals surface area contributed by atoms with Gasteiger partial charge in [-0.05, 0) is 87.4 Å². The number of hydrogen-bond acceptors (Lipinski definition) is 10. The molecule has 17 heteroatoms. The smallest absolute Gasteiger partial charge is 0.429 e. The van der Waals surface area contributed by atoms with Crippen molar-refractivity contribution in [1.82, 2.24) is 15.5 Å². The minimum absolute atomic E-state index is 0.0810. The van der Waals surface area contributed by atoms with E-state index in [4.69, 9.17) is 9.47 Å². The lowest BCUT2D eigenvalue weighted by atomic mass is 10.0. The second-order valence-corrected chi connectivity index (χ2v) is 12.9. The quantitative estimate of drug-likeness (QED) is 0.0527. The molecule has 0 unspecified atom stereocenters. The number of nitro groups is 1. The van der Waals surface area contributed by atoms with E-state index in [-0.39, 0.29) is 51.8 Å². The van der Waals surface area contributed by atoms with Crippen LogP contribution in [0, 0.1) is 16.0 Å². The summed E-state index contributed by atoms with van der Waals surface area (Å²) < 4.78 is 10.4. The summed E-state index contributed by atoms with van der Waals surface area (Å²) in [6.45, 7) is 5.13. The number of carbonyl (C=O) groups is 6. The number of rotatable bonds is 16. The summed E-state index contributed by atoms with van der Waals surface area (Å²) >= 11 is 6.17. The molecule has 1 heterocycles. The van der Waals surface area contributed by atoms with Gasteiger partial charge in [0.15, 0.2) is 0 Å². The van der Waals surface area contributed by atoms with Crippen LogP contribution < -0.4 is 20.7 Å². The highest BCUT2D eigenvalue weighted by atomic mass is 79.9. The number of anilines is 1. The van der Waals surface area contributed by atoms with Gasteiger partial charge in [-0.3, -0.25) is 39.0 Å². The number of non-ortho nitro benzene ring substituents is 1. The van der Waals surface area contributed by atoms with Gasteiger partial charge in [-0.2, -0.15) is 0 Å². The molecule has 3 rings (SSSR count). The number of nitrogens with one attached hydrogen (secondary N) is 3. The first-order chi connectivity index (χ1) is 23.2. The maximum absolute atomic E-state index is 13.0. The van der Waals surface area contributed by atoms with E-state index < -0.39 is 46.8 Å². The molecule has 0 saturated carbocycles. The number of halogens is 2. The van der Waals surface area contributed by atoms with Gasteiger partial charge in [-0.15, -0.1) is 0 Å². The van der Waals surface area contributed by atoms with Gasteiger partial charge in [0, 0.05) is 30.8 Å². The number of amides is 5. The van der Waals surface area contributed by atoms with Gasteiger partial charge < -0.3 is 25.4 Å². The van der Waals surface area contributed by atoms with Crippen molar-refractivity contribution in [1.29, 1.82) is 0 Å². The van der Waals surface area contributed by atoms with E-state index in [2.05, 4.69) is 47.8 Å². The van der Waals surface area contributed by atoms with E-state index in [0.29, 0.717) is 30.5 Å². The highest BCUT2D eigenvalue weighted by molar-refractivity contribution is 9.14. The lowest BCUT2D eigenvalue weighted by molar-refractivity contribution is -0.384. The summed E-state index contributed by atoms with van der Waals surface area (Å²) in [4.78, 5) is 85.8. The van der Waals surface area contributed by atoms with Crippen LogP contribution in [0.1, 0.15) is 52.0 Å². The molecule has 1 aliphatic heterocycles. The zero-order chi connectivity index (χ0) is 36.2. The molecule has 5 amide bonds. The molecule has 2 atom stereocenters. The molecule has 262 valence electrons. The summed E-state index contributed by atoms with van der Waals surface area (Å²) in [5.41, 5.74) is 0.863. The normalized spacial score (nSPS) is 14.0. The fourth-order valence-electron chi connectivity index (χ4n) is 4.44. The SMILES string of the molecule is CC(C)[C@H](NC(=O)CCCCCN1C(=O)C(Br)=C(Br)C1=O)C(=O)N[C@@H](C)C(=O)Nc1ccc(COC(=O)Oc2ccc([N+](=O)[O-])cc2)cc1. The Morgan fingerprint density at radius 1 is 0.857 bits per heavy atom. The summed E-state index contributed by atoms with van der Waals surface area (Å²) in [6, 6.07) is 9.51. The first kappa shape index (κ1) is 38.8. The van der Waals surface area contributed by atoms with Gasteiger partial charge in [-0.1, -0.05) is 32.4 Å². The molecule has 0 aliphatic carbocycles. The minimum Gasteiger partial charge on any atom is -0.429 e. The Kier molecular flexibility index (Phi) is 14.4. The Balaban J connectivity index is 1.38. The molecular weight excluding hydrogens is 774 g/mol. The van der Waals surface area contributed by atoms with Crippen molar-refractivity contribution in [2.24, 2.45) is 5.92 Å². The lowest BCUT2D eigenvalue weighted by Crippen LogP contribution is -2.53. The maximum atomic E-state index is 13.0. The van der Waals surface area contributed by atoms with Crippen LogP contribution in [-0.4, -0.2) is 64.1 Å². The van der Waals surface area contributed by atoms with Crippen LogP contribution in [0.15, 0.2) is 57.5 Å². The number of nitro benzene ring substituents is 1. The number of nitrogens with zero attached hydrogens (tertiary/aromatic N) is 2. The van der Waals surface area contributed by atoms with Crippen molar-refractivity contribution >= 4 is 78.9 Å². The highest BCUT2D eigenvalue weighted by Crippen LogP contribution is 2.29. The Labute approximate surface area is 298 Å². The molecule has 49 heavy (non-hydrogen) atoms. The fourth-order valence-corrected chi connectivity index (χ4v) is 5.21. The van der Waals surface area contributed by atoms with Crippen LogP contribution in [0.5, 0.6) is 5.75 Å². The zero-order valence-corrected chi connectivity index (χ0v) is 30.0. The number of benzene rings is 2. The first-order valence-electron chi connectivity index (χ1n) is 15.2. The Morgan fingerprint density at radius 3 is 2.04 bits per heavy atom. The Bertz CT molecular complexity index is 1590. The zero-order valence-electron chi connectivity index (χ0n) is 26.8. The monoisotopic (exact) mass is 807 g/mol. The van der Waals surface area contributed by atoms with Gasteiger partial charge in [0.2, 0.25) is 17.7 Å². The van der Waals surface area contributed by atoms with Gasteiger partial charge in [0.05, 0.1) is 4.92 Å². The van der Waals surface area contributed by atoms with Crippen molar-refractivity contribution in [3.63, 3.8) is 0 Å². The molecule has 3 N–H and O–H groups in total. The lowest BCUT2D eigenvalue weighted by Gasteiger charge is -2.24. The standard InChI is InChI=1S/C32H35Br2N5O10/c1-18(2)27(37-24(40)7-5-4-6-16-38-30(43)25(33)26(34)31(38)44)29(42)35-19(3)28(41)36-21-10-8-20(9-11-21)17-48-32(45)49-23-14-12-22(13-15-23)39(46)47/h8-15,18-19,27H,4-7,16-17H2,1-3H3,(H,35,42)(H,36,41)(H,37,40)/t19-,27-/m0/s1. The van der Waals surface area contributed by atoms with Crippen LogP contribution in [0.4, 0.5) is 16.2 Å². The highest BCUT2D eigenvalue weighted by Gasteiger charge is 2.35. The molecule has 0 fully saturated rings. The van der Waals surface area contributed by atoms with E-state index in [0.717, 1.165) is 4.90 Å². The van der Waals surface area contributed by atoms with Crippen molar-refractivity contribution in [3.8, 4) is 5.75 Å². The van der Waals surface area contributed by atoms with Gasteiger partial charge in [-0.25, -0.2) is 4.79 Å². The molecule has 0 radical (unpaired) electrons. The van der Waals surface area contributed by atoms with Crippen molar-refractivity contribution in [2.75, 3.05) is 11.9 Å². The summed E-state index contributed by atoms with van der Waals surface area (Å²) in [7, 11) is 0. The molecule has 2 aromatic carbocycles. The molecule has 15 nitrogen and oxygen atoms in total. The molecular formula is C32H35Br2N5O10. The predicted molar refractivity (Wildman–Crippen MR) is 183 cm³/mol. The maximum Gasteiger partial charge on any atom is 0.514 e. The summed E-state index contributed by atoms with van der Waals surface area (Å²) in [5, 5.41) is 18.8. The molecule has 2 aromatic rings. The predicted octanol–water partition coefficient (Wildman–Crippen LogP) is 4.83. The van der Waals surface area contributed by atoms with E-state index in [1.165, 1.54) is 31.2 Å². The van der Waals surface area contributed by atoms with E-state index in [1.54, 1.807) is 38.1 Å². The Hall–Kier alpha value is -4.64. The van der Waals surface area contributed by atoms with E-state index in [9.17, 15) is 38.9 Å². The largest absolute Gasteiger partial charge is 0.514 e. The number of carbonyl (C=O) groups excluding carboxylic acids is 6. The number of unbranched alkanes of at least 4 members (excludes halogenated alkanes) is 2. The van der Waals surface area contributed by atoms with Gasteiger partial charge >= 0.3 is 6.16 Å². The Morgan fingerprint density at radius 2 is 1.47 bits per heavy atom. The van der Waals surface area contributed by atoms with Crippen LogP contribution in [0.3, 0.4) is 0 Å². The van der Waals surface area contributed by atoms with Crippen LogP contribution in [0.25, 0.3) is 0 Å². The average Bonchev–Trinajstić information content (AvgIpc) is 3.24. The first-order valence-corrected chi connectivity index (χ1v) is 16.8. The summed E-state index contributed by atoms with van der Waals surface area (Å²) in [6.07, 6.45) is 0.726. The van der Waals surface area contributed by atoms with Gasteiger partial charge in [0.25, 0.3) is 17.5 Å². The minimum atomic E-state index is -1.00. The number of hydrogen-bond donors (Lipinski definition) is 3. The molecule has 0 spiro atoms. The van der Waals surface area contributed by atoms with Crippen LogP contribution in [-0.2, 0) is 35.3 Å².